The maximum atomic E-state index is 14.4. The molecule has 1 N–H and O–H groups in total. The lowest BCUT2D eigenvalue weighted by atomic mass is 10.1. The van der Waals surface area contributed by atoms with Gasteiger partial charge in [0.15, 0.2) is 5.82 Å². The third kappa shape index (κ3) is 4.16. The van der Waals surface area contributed by atoms with Crippen molar-refractivity contribution in [2.75, 3.05) is 23.3 Å². The maximum absolute atomic E-state index is 14.4. The highest BCUT2D eigenvalue weighted by atomic mass is 19.1. The van der Waals surface area contributed by atoms with E-state index in [0.29, 0.717) is 11.2 Å². The minimum atomic E-state index is -0.697. The summed E-state index contributed by atoms with van der Waals surface area (Å²) in [6.45, 7) is 2.24. The highest BCUT2D eigenvalue weighted by Crippen LogP contribution is 2.30. The van der Waals surface area contributed by atoms with Crippen LogP contribution in [0.2, 0.25) is 0 Å². The Labute approximate surface area is 181 Å². The first-order valence-corrected chi connectivity index (χ1v) is 11.5. The molecular weight excluding hydrogens is 391 g/mol. The third-order valence-corrected chi connectivity index (χ3v) is 6.68. The van der Waals surface area contributed by atoms with Crippen LogP contribution in [0.15, 0.2) is 47.4 Å². The predicted octanol–water partition coefficient (Wildman–Crippen LogP) is 5.77. The van der Waals surface area contributed by atoms with Crippen LogP contribution in [0.5, 0.6) is 0 Å². The number of halogens is 1. The molecule has 2 fully saturated rings. The van der Waals surface area contributed by atoms with Crippen molar-refractivity contribution in [1.29, 1.82) is 0 Å². The molecule has 1 saturated carbocycles. The van der Waals surface area contributed by atoms with Gasteiger partial charge in [0.25, 0.3) is 5.56 Å². The zero-order chi connectivity index (χ0) is 21.2. The van der Waals surface area contributed by atoms with Crippen molar-refractivity contribution >= 4 is 28.1 Å². The molecule has 0 amide bonds. The quantitative estimate of drug-likeness (QED) is 0.544. The van der Waals surface area contributed by atoms with E-state index in [1.165, 1.54) is 37.4 Å². The van der Waals surface area contributed by atoms with Gasteiger partial charge in [-0.25, -0.2) is 9.37 Å². The molecule has 6 heteroatoms. The summed E-state index contributed by atoms with van der Waals surface area (Å²) in [5.74, 6) is -0.0356. The molecule has 0 spiro atoms. The first-order valence-electron chi connectivity index (χ1n) is 11.5. The largest absolute Gasteiger partial charge is 0.372 e. The summed E-state index contributed by atoms with van der Waals surface area (Å²) in [6, 6.07) is 11.6. The molecule has 3 heterocycles. The molecule has 0 radical (unpaired) electrons. The third-order valence-electron chi connectivity index (χ3n) is 6.68. The van der Waals surface area contributed by atoms with Crippen LogP contribution in [-0.2, 0) is 0 Å². The fraction of sp³-hybridized carbons (Fsp3) is 0.440. The maximum Gasteiger partial charge on any atom is 0.287 e. The molecule has 162 valence electrons. The Hall–Kier alpha value is -2.89. The van der Waals surface area contributed by atoms with E-state index in [1.807, 2.05) is 6.07 Å². The molecule has 1 aliphatic heterocycles. The number of anilines is 3. The van der Waals surface area contributed by atoms with Gasteiger partial charge in [0.1, 0.15) is 5.82 Å². The standard InChI is InChI=1S/C25H29FN4O/c26-22-15-18-17-27-24(28-19-9-11-20(12-10-19)29-13-5-6-14-29)16-23(18)30(25(22)31)21-7-3-1-2-4-8-21/h9-12,15-17,21H,1-8,13-14H2,(H,27,28). The van der Waals surface area contributed by atoms with Crippen LogP contribution in [0.25, 0.3) is 10.9 Å². The second kappa shape index (κ2) is 8.69. The summed E-state index contributed by atoms with van der Waals surface area (Å²) in [7, 11) is 0. The van der Waals surface area contributed by atoms with E-state index in [1.54, 1.807) is 10.8 Å². The number of hydrogen-bond donors (Lipinski definition) is 1. The van der Waals surface area contributed by atoms with Crippen molar-refractivity contribution in [3.8, 4) is 0 Å². The van der Waals surface area contributed by atoms with Gasteiger partial charge in [-0.3, -0.25) is 4.79 Å². The number of benzene rings is 1. The summed E-state index contributed by atoms with van der Waals surface area (Å²) in [5.41, 5.74) is 2.42. The zero-order valence-corrected chi connectivity index (χ0v) is 17.8. The lowest BCUT2D eigenvalue weighted by Crippen LogP contribution is -2.27. The highest BCUT2D eigenvalue weighted by Gasteiger charge is 2.20. The van der Waals surface area contributed by atoms with Gasteiger partial charge < -0.3 is 14.8 Å². The smallest absolute Gasteiger partial charge is 0.287 e. The molecule has 0 unspecified atom stereocenters. The van der Waals surface area contributed by atoms with E-state index >= 15 is 0 Å². The van der Waals surface area contributed by atoms with Crippen molar-refractivity contribution in [3.05, 3.63) is 58.8 Å². The van der Waals surface area contributed by atoms with E-state index in [0.717, 1.165) is 50.0 Å². The second-order valence-electron chi connectivity index (χ2n) is 8.81. The Morgan fingerprint density at radius 3 is 2.35 bits per heavy atom. The summed E-state index contributed by atoms with van der Waals surface area (Å²) < 4.78 is 16.1. The van der Waals surface area contributed by atoms with Crippen molar-refractivity contribution in [3.63, 3.8) is 0 Å². The normalized spacial score (nSPS) is 17.8. The summed E-state index contributed by atoms with van der Waals surface area (Å²) in [4.78, 5) is 19.6. The molecule has 31 heavy (non-hydrogen) atoms. The molecule has 0 atom stereocenters. The van der Waals surface area contributed by atoms with Crippen molar-refractivity contribution in [1.82, 2.24) is 9.55 Å². The van der Waals surface area contributed by atoms with Crippen molar-refractivity contribution in [2.24, 2.45) is 0 Å². The van der Waals surface area contributed by atoms with Gasteiger partial charge in [0.2, 0.25) is 0 Å². The second-order valence-corrected chi connectivity index (χ2v) is 8.81. The van der Waals surface area contributed by atoms with E-state index < -0.39 is 11.4 Å². The minimum absolute atomic E-state index is 0.0446. The summed E-state index contributed by atoms with van der Waals surface area (Å²) in [5, 5.41) is 4.01. The van der Waals surface area contributed by atoms with Crippen LogP contribution < -0.4 is 15.8 Å². The molecule has 1 aliphatic carbocycles. The fourth-order valence-corrected chi connectivity index (χ4v) is 5.02. The van der Waals surface area contributed by atoms with Crippen LogP contribution in [0.4, 0.5) is 21.6 Å². The molecule has 3 aromatic rings. The van der Waals surface area contributed by atoms with Crippen LogP contribution in [0.1, 0.15) is 57.4 Å². The molecule has 5 nitrogen and oxygen atoms in total. The first kappa shape index (κ1) is 20.0. The van der Waals surface area contributed by atoms with Crippen molar-refractivity contribution in [2.45, 2.75) is 57.4 Å². The van der Waals surface area contributed by atoms with E-state index in [4.69, 9.17) is 0 Å². The lowest BCUT2D eigenvalue weighted by Gasteiger charge is -2.21. The van der Waals surface area contributed by atoms with Crippen LogP contribution in [0, 0.1) is 5.82 Å². The fourth-order valence-electron chi connectivity index (χ4n) is 5.02. The van der Waals surface area contributed by atoms with Gasteiger partial charge >= 0.3 is 0 Å². The lowest BCUT2D eigenvalue weighted by molar-refractivity contribution is 0.432. The van der Waals surface area contributed by atoms with E-state index in [9.17, 15) is 9.18 Å². The molecule has 2 aromatic heterocycles. The SMILES string of the molecule is O=c1c(F)cc2cnc(Nc3ccc(N4CCCC4)cc3)cc2n1C1CCCCCC1. The minimum Gasteiger partial charge on any atom is -0.372 e. The Morgan fingerprint density at radius 2 is 1.65 bits per heavy atom. The molecule has 2 aliphatic rings. The van der Waals surface area contributed by atoms with Gasteiger partial charge in [-0.15, -0.1) is 0 Å². The Kier molecular flexibility index (Phi) is 5.62. The van der Waals surface area contributed by atoms with Gasteiger partial charge in [-0.1, -0.05) is 25.7 Å². The van der Waals surface area contributed by atoms with Gasteiger partial charge in [0, 0.05) is 48.2 Å². The number of fused-ring (bicyclic) bond motifs is 1. The van der Waals surface area contributed by atoms with E-state index in [2.05, 4.69) is 39.5 Å². The van der Waals surface area contributed by atoms with Crippen LogP contribution >= 0.6 is 0 Å². The van der Waals surface area contributed by atoms with Crippen LogP contribution in [-0.4, -0.2) is 22.6 Å². The number of nitrogens with zero attached hydrogens (tertiary/aromatic N) is 3. The molecule has 0 bridgehead atoms. The van der Waals surface area contributed by atoms with Gasteiger partial charge in [-0.2, -0.15) is 0 Å². The number of rotatable bonds is 4. The Balaban J connectivity index is 1.46. The average Bonchev–Trinajstić information content (AvgIpc) is 3.19. The number of nitrogens with one attached hydrogen (secondary N) is 1. The van der Waals surface area contributed by atoms with Crippen LogP contribution in [0.3, 0.4) is 0 Å². The first-order chi connectivity index (χ1) is 15.2. The van der Waals surface area contributed by atoms with Gasteiger partial charge in [0.05, 0.1) is 5.52 Å². The number of aromatic nitrogens is 2. The number of hydrogen-bond acceptors (Lipinski definition) is 4. The number of pyridine rings is 2. The molecule has 5 rings (SSSR count). The average molecular weight is 421 g/mol. The zero-order valence-electron chi connectivity index (χ0n) is 17.8. The Bertz CT molecular complexity index is 1110. The summed E-state index contributed by atoms with van der Waals surface area (Å²) >= 11 is 0. The van der Waals surface area contributed by atoms with Crippen molar-refractivity contribution < 1.29 is 4.39 Å². The topological polar surface area (TPSA) is 50.2 Å². The molecule has 1 aromatic carbocycles. The molecule has 1 saturated heterocycles. The summed E-state index contributed by atoms with van der Waals surface area (Å²) in [6.07, 6.45) is 10.5. The predicted molar refractivity (Wildman–Crippen MR) is 124 cm³/mol. The molecular formula is C25H29FN4O. The van der Waals surface area contributed by atoms with E-state index in [-0.39, 0.29) is 6.04 Å². The Morgan fingerprint density at radius 1 is 0.935 bits per heavy atom. The van der Waals surface area contributed by atoms with Gasteiger partial charge in [-0.05, 0) is 56.0 Å². The monoisotopic (exact) mass is 420 g/mol. The highest BCUT2D eigenvalue weighted by molar-refractivity contribution is 5.81.